The Kier molecular flexibility index (Phi) is 4.95. The molecule has 0 aliphatic heterocycles. The standard InChI is InChI=1S/C20H19NO4/c1-14(13-24-2)21-19-11-18(25-17-6-4-3-5-7-17)9-8-15(19)10-16(12-22)20(21)23/h3-12,14H,13H2,1-2H3. The fourth-order valence-electron chi connectivity index (χ4n) is 2.86. The highest BCUT2D eigenvalue weighted by Gasteiger charge is 2.15. The molecule has 0 bridgehead atoms. The predicted molar refractivity (Wildman–Crippen MR) is 96.7 cm³/mol. The minimum Gasteiger partial charge on any atom is -0.457 e. The maximum Gasteiger partial charge on any atom is 0.261 e. The third kappa shape index (κ3) is 3.46. The van der Waals surface area contributed by atoms with E-state index in [0.717, 1.165) is 5.39 Å². The van der Waals surface area contributed by atoms with E-state index in [2.05, 4.69) is 0 Å². The van der Waals surface area contributed by atoms with Crippen molar-refractivity contribution < 1.29 is 14.3 Å². The molecule has 0 radical (unpaired) electrons. The second-order valence-corrected chi connectivity index (χ2v) is 5.83. The third-order valence-electron chi connectivity index (χ3n) is 3.99. The number of ether oxygens (including phenoxy) is 2. The monoisotopic (exact) mass is 337 g/mol. The summed E-state index contributed by atoms with van der Waals surface area (Å²) in [4.78, 5) is 23.9. The molecule has 3 rings (SSSR count). The highest BCUT2D eigenvalue weighted by Crippen LogP contribution is 2.26. The van der Waals surface area contributed by atoms with Gasteiger partial charge in [0, 0.05) is 13.2 Å². The summed E-state index contributed by atoms with van der Waals surface area (Å²) in [5.74, 6) is 1.33. The highest BCUT2D eigenvalue weighted by atomic mass is 16.5. The maximum absolute atomic E-state index is 12.6. The Morgan fingerprint density at radius 2 is 1.84 bits per heavy atom. The Balaban J connectivity index is 2.15. The van der Waals surface area contributed by atoms with E-state index >= 15 is 0 Å². The van der Waals surface area contributed by atoms with Gasteiger partial charge in [-0.25, -0.2) is 0 Å². The number of methoxy groups -OCH3 is 1. The number of hydrogen-bond donors (Lipinski definition) is 0. The number of nitrogens with zero attached hydrogens (tertiary/aromatic N) is 1. The van der Waals surface area contributed by atoms with Crippen LogP contribution in [-0.2, 0) is 4.74 Å². The minimum absolute atomic E-state index is 0.132. The van der Waals surface area contributed by atoms with Crippen LogP contribution in [-0.4, -0.2) is 24.6 Å². The van der Waals surface area contributed by atoms with Crippen molar-refractivity contribution in [3.63, 3.8) is 0 Å². The molecule has 0 saturated carbocycles. The molecule has 0 saturated heterocycles. The molecule has 0 aliphatic carbocycles. The lowest BCUT2D eigenvalue weighted by Crippen LogP contribution is -2.28. The largest absolute Gasteiger partial charge is 0.457 e. The SMILES string of the molecule is COCC(C)n1c(=O)c(C=O)cc2ccc(Oc3ccccc3)cc21. The number of hydrogen-bond acceptors (Lipinski definition) is 4. The van der Waals surface area contributed by atoms with E-state index in [1.165, 1.54) is 0 Å². The van der Waals surface area contributed by atoms with E-state index < -0.39 is 0 Å². The minimum atomic E-state index is -0.330. The zero-order valence-electron chi connectivity index (χ0n) is 14.1. The normalized spacial score (nSPS) is 12.1. The van der Waals surface area contributed by atoms with Gasteiger partial charge in [0.25, 0.3) is 5.56 Å². The molecule has 1 unspecified atom stereocenters. The molecule has 0 amide bonds. The summed E-state index contributed by atoms with van der Waals surface area (Å²) in [6.45, 7) is 2.24. The molecule has 1 atom stereocenters. The maximum atomic E-state index is 12.6. The highest BCUT2D eigenvalue weighted by molar-refractivity contribution is 5.87. The molecule has 0 fully saturated rings. The summed E-state index contributed by atoms with van der Waals surface area (Å²) in [6.07, 6.45) is 0.589. The van der Waals surface area contributed by atoms with Crippen LogP contribution < -0.4 is 10.3 Å². The first-order valence-corrected chi connectivity index (χ1v) is 8.00. The van der Waals surface area contributed by atoms with Crippen LogP contribution in [0.4, 0.5) is 0 Å². The second-order valence-electron chi connectivity index (χ2n) is 5.83. The number of benzene rings is 2. The fraction of sp³-hybridized carbons (Fsp3) is 0.200. The lowest BCUT2D eigenvalue weighted by molar-refractivity contribution is 0.112. The number of para-hydroxylation sites is 1. The van der Waals surface area contributed by atoms with Crippen LogP contribution >= 0.6 is 0 Å². The van der Waals surface area contributed by atoms with Crippen LogP contribution in [0.25, 0.3) is 10.9 Å². The molecule has 1 heterocycles. The van der Waals surface area contributed by atoms with E-state index in [9.17, 15) is 9.59 Å². The Hall–Kier alpha value is -2.92. The van der Waals surface area contributed by atoms with Gasteiger partial charge in [-0.2, -0.15) is 0 Å². The Morgan fingerprint density at radius 1 is 1.08 bits per heavy atom. The van der Waals surface area contributed by atoms with Crippen molar-refractivity contribution in [1.29, 1.82) is 0 Å². The van der Waals surface area contributed by atoms with Gasteiger partial charge in [0.05, 0.1) is 23.7 Å². The number of carbonyl (C=O) groups is 1. The van der Waals surface area contributed by atoms with Crippen LogP contribution in [0.15, 0.2) is 59.4 Å². The first-order valence-electron chi connectivity index (χ1n) is 8.00. The lowest BCUT2D eigenvalue weighted by atomic mass is 10.1. The third-order valence-corrected chi connectivity index (χ3v) is 3.99. The van der Waals surface area contributed by atoms with Gasteiger partial charge < -0.3 is 14.0 Å². The zero-order valence-corrected chi connectivity index (χ0v) is 14.1. The summed E-state index contributed by atoms with van der Waals surface area (Å²) >= 11 is 0. The number of aldehydes is 1. The van der Waals surface area contributed by atoms with E-state index in [-0.39, 0.29) is 17.2 Å². The molecule has 0 N–H and O–H groups in total. The molecule has 2 aromatic carbocycles. The van der Waals surface area contributed by atoms with E-state index in [1.54, 1.807) is 17.7 Å². The summed E-state index contributed by atoms with van der Waals surface area (Å²) in [7, 11) is 1.58. The Labute approximate surface area is 145 Å². The topological polar surface area (TPSA) is 57.5 Å². The Bertz CT molecular complexity index is 947. The molecule has 25 heavy (non-hydrogen) atoms. The van der Waals surface area contributed by atoms with Gasteiger partial charge >= 0.3 is 0 Å². The number of fused-ring (bicyclic) bond motifs is 1. The Morgan fingerprint density at radius 3 is 2.52 bits per heavy atom. The van der Waals surface area contributed by atoms with Crippen LogP contribution in [0.1, 0.15) is 23.3 Å². The van der Waals surface area contributed by atoms with Gasteiger partial charge in [0.2, 0.25) is 0 Å². The van der Waals surface area contributed by atoms with Gasteiger partial charge in [-0.3, -0.25) is 9.59 Å². The van der Waals surface area contributed by atoms with Crippen molar-refractivity contribution in [2.45, 2.75) is 13.0 Å². The quantitative estimate of drug-likeness (QED) is 0.642. The van der Waals surface area contributed by atoms with Crippen molar-refractivity contribution in [2.75, 3.05) is 13.7 Å². The number of rotatable bonds is 6. The zero-order chi connectivity index (χ0) is 17.8. The lowest BCUT2D eigenvalue weighted by Gasteiger charge is -2.18. The van der Waals surface area contributed by atoms with Crippen LogP contribution in [0, 0.1) is 0 Å². The summed E-state index contributed by atoms with van der Waals surface area (Å²) < 4.78 is 12.6. The van der Waals surface area contributed by atoms with Crippen LogP contribution in [0.2, 0.25) is 0 Å². The molecule has 5 heteroatoms. The van der Waals surface area contributed by atoms with Crippen molar-refractivity contribution in [3.8, 4) is 11.5 Å². The fourth-order valence-corrected chi connectivity index (χ4v) is 2.86. The molecular weight excluding hydrogens is 318 g/mol. The first kappa shape index (κ1) is 16.9. The van der Waals surface area contributed by atoms with Crippen molar-refractivity contribution >= 4 is 17.2 Å². The molecule has 0 aliphatic rings. The first-order chi connectivity index (χ1) is 12.1. The molecule has 1 aromatic heterocycles. The van der Waals surface area contributed by atoms with Crippen LogP contribution in [0.5, 0.6) is 11.5 Å². The van der Waals surface area contributed by atoms with Crippen molar-refractivity contribution in [2.24, 2.45) is 0 Å². The van der Waals surface area contributed by atoms with E-state index in [0.29, 0.717) is 29.9 Å². The molecule has 5 nitrogen and oxygen atoms in total. The number of aromatic nitrogens is 1. The van der Waals surface area contributed by atoms with E-state index in [4.69, 9.17) is 9.47 Å². The molecular formula is C20H19NO4. The van der Waals surface area contributed by atoms with Gasteiger partial charge in [-0.15, -0.1) is 0 Å². The van der Waals surface area contributed by atoms with Crippen LogP contribution in [0.3, 0.4) is 0 Å². The summed E-state index contributed by atoms with van der Waals surface area (Å²) in [6, 6.07) is 16.3. The average molecular weight is 337 g/mol. The molecule has 3 aromatic rings. The predicted octanol–water partition coefficient (Wildman–Crippen LogP) is 3.81. The summed E-state index contributed by atoms with van der Waals surface area (Å²) in [5, 5.41) is 0.796. The van der Waals surface area contributed by atoms with Crippen molar-refractivity contribution in [1.82, 2.24) is 4.57 Å². The average Bonchev–Trinajstić information content (AvgIpc) is 2.62. The molecule has 0 spiro atoms. The molecule has 128 valence electrons. The summed E-state index contributed by atoms with van der Waals surface area (Å²) in [5.41, 5.74) is 0.504. The van der Waals surface area contributed by atoms with Gasteiger partial charge in [-0.05, 0) is 42.6 Å². The van der Waals surface area contributed by atoms with Gasteiger partial charge in [0.15, 0.2) is 6.29 Å². The van der Waals surface area contributed by atoms with Crippen molar-refractivity contribution in [3.05, 3.63) is 70.5 Å². The number of pyridine rings is 1. The van der Waals surface area contributed by atoms with E-state index in [1.807, 2.05) is 55.5 Å². The van der Waals surface area contributed by atoms with Gasteiger partial charge in [-0.1, -0.05) is 18.2 Å². The smallest absolute Gasteiger partial charge is 0.261 e. The number of carbonyl (C=O) groups excluding carboxylic acids is 1. The second kappa shape index (κ2) is 7.32. The van der Waals surface area contributed by atoms with Gasteiger partial charge in [0.1, 0.15) is 11.5 Å².